The van der Waals surface area contributed by atoms with Gasteiger partial charge < -0.3 is 10.3 Å². The summed E-state index contributed by atoms with van der Waals surface area (Å²) in [6, 6.07) is 9.78. The SMILES string of the molecule is Cc1csc(Cc2noc(CC(N)c3ccccc3)n2)n1. The van der Waals surface area contributed by atoms with Crippen LogP contribution in [-0.4, -0.2) is 15.1 Å². The van der Waals surface area contributed by atoms with Gasteiger partial charge in [0.15, 0.2) is 5.82 Å². The average Bonchev–Trinajstić information content (AvgIpc) is 3.09. The predicted octanol–water partition coefficient (Wildman–Crippen LogP) is 2.67. The predicted molar refractivity (Wildman–Crippen MR) is 81.0 cm³/mol. The van der Waals surface area contributed by atoms with Crippen molar-refractivity contribution in [2.24, 2.45) is 5.73 Å². The number of rotatable bonds is 5. The maximum atomic E-state index is 6.15. The maximum Gasteiger partial charge on any atom is 0.228 e. The molecule has 1 unspecified atom stereocenters. The van der Waals surface area contributed by atoms with Crippen LogP contribution in [0.1, 0.15) is 34.0 Å². The average molecular weight is 300 g/mol. The van der Waals surface area contributed by atoms with Crippen molar-refractivity contribution in [2.45, 2.75) is 25.8 Å². The van der Waals surface area contributed by atoms with Gasteiger partial charge >= 0.3 is 0 Å². The topological polar surface area (TPSA) is 77.8 Å². The summed E-state index contributed by atoms with van der Waals surface area (Å²) in [5, 5.41) is 7.00. The van der Waals surface area contributed by atoms with Crippen molar-refractivity contribution in [3.05, 3.63) is 63.7 Å². The molecule has 6 heteroatoms. The van der Waals surface area contributed by atoms with E-state index in [0.717, 1.165) is 16.3 Å². The molecule has 0 aliphatic rings. The van der Waals surface area contributed by atoms with E-state index in [1.165, 1.54) is 0 Å². The highest BCUT2D eigenvalue weighted by Gasteiger charge is 2.13. The highest BCUT2D eigenvalue weighted by molar-refractivity contribution is 7.09. The summed E-state index contributed by atoms with van der Waals surface area (Å²) in [5.74, 6) is 1.22. The molecule has 21 heavy (non-hydrogen) atoms. The minimum atomic E-state index is -0.137. The Labute approximate surface area is 126 Å². The second-order valence-corrected chi connectivity index (χ2v) is 5.83. The molecule has 0 aliphatic heterocycles. The van der Waals surface area contributed by atoms with Gasteiger partial charge in [0.1, 0.15) is 5.01 Å². The molecule has 0 saturated heterocycles. The molecule has 0 bridgehead atoms. The number of benzene rings is 1. The van der Waals surface area contributed by atoms with Gasteiger partial charge in [-0.2, -0.15) is 4.98 Å². The van der Waals surface area contributed by atoms with E-state index in [1.54, 1.807) is 11.3 Å². The van der Waals surface area contributed by atoms with Crippen LogP contribution in [0.5, 0.6) is 0 Å². The van der Waals surface area contributed by atoms with Gasteiger partial charge in [-0.1, -0.05) is 35.5 Å². The van der Waals surface area contributed by atoms with Crippen LogP contribution in [0.15, 0.2) is 40.2 Å². The lowest BCUT2D eigenvalue weighted by Gasteiger charge is -2.08. The van der Waals surface area contributed by atoms with Crippen molar-refractivity contribution >= 4 is 11.3 Å². The maximum absolute atomic E-state index is 6.15. The quantitative estimate of drug-likeness (QED) is 0.783. The highest BCUT2D eigenvalue weighted by atomic mass is 32.1. The van der Waals surface area contributed by atoms with Crippen LogP contribution in [0, 0.1) is 6.92 Å². The van der Waals surface area contributed by atoms with E-state index in [9.17, 15) is 0 Å². The van der Waals surface area contributed by atoms with E-state index >= 15 is 0 Å². The number of nitrogens with two attached hydrogens (primary N) is 1. The van der Waals surface area contributed by atoms with Crippen LogP contribution in [0.4, 0.5) is 0 Å². The Kier molecular flexibility index (Phi) is 4.08. The smallest absolute Gasteiger partial charge is 0.228 e. The summed E-state index contributed by atoms with van der Waals surface area (Å²) in [6.45, 7) is 1.97. The van der Waals surface area contributed by atoms with E-state index in [2.05, 4.69) is 15.1 Å². The third kappa shape index (κ3) is 3.53. The Hall–Kier alpha value is -2.05. The molecule has 2 heterocycles. The number of aryl methyl sites for hydroxylation is 1. The molecule has 2 N–H and O–H groups in total. The molecule has 108 valence electrons. The van der Waals surface area contributed by atoms with Gasteiger partial charge in [0.05, 0.1) is 6.42 Å². The fraction of sp³-hybridized carbons (Fsp3) is 0.267. The molecule has 2 aromatic heterocycles. The minimum Gasteiger partial charge on any atom is -0.339 e. The van der Waals surface area contributed by atoms with Crippen LogP contribution < -0.4 is 5.73 Å². The van der Waals surface area contributed by atoms with Crippen molar-refractivity contribution in [3.63, 3.8) is 0 Å². The molecule has 0 spiro atoms. The van der Waals surface area contributed by atoms with Crippen LogP contribution >= 0.6 is 11.3 Å². The van der Waals surface area contributed by atoms with Gasteiger partial charge in [-0.3, -0.25) is 0 Å². The van der Waals surface area contributed by atoms with Crippen LogP contribution in [0.25, 0.3) is 0 Å². The number of thiazole rings is 1. The lowest BCUT2D eigenvalue weighted by atomic mass is 10.1. The first kappa shape index (κ1) is 13.9. The summed E-state index contributed by atoms with van der Waals surface area (Å²) in [4.78, 5) is 8.79. The first-order chi connectivity index (χ1) is 10.2. The molecular weight excluding hydrogens is 284 g/mol. The van der Waals surface area contributed by atoms with E-state index in [1.807, 2.05) is 42.6 Å². The zero-order valence-electron chi connectivity index (χ0n) is 11.7. The van der Waals surface area contributed by atoms with E-state index in [-0.39, 0.29) is 6.04 Å². The van der Waals surface area contributed by atoms with Crippen molar-refractivity contribution in [1.29, 1.82) is 0 Å². The third-order valence-corrected chi connectivity index (χ3v) is 4.07. The number of hydrogen-bond acceptors (Lipinski definition) is 6. The van der Waals surface area contributed by atoms with Gasteiger partial charge in [-0.25, -0.2) is 4.98 Å². The van der Waals surface area contributed by atoms with Gasteiger partial charge in [-0.15, -0.1) is 11.3 Å². The molecule has 1 aromatic carbocycles. The molecular formula is C15H16N4OS. The van der Waals surface area contributed by atoms with E-state index in [0.29, 0.717) is 24.6 Å². The Morgan fingerprint density at radius 2 is 2.05 bits per heavy atom. The fourth-order valence-corrected chi connectivity index (χ4v) is 2.84. The summed E-state index contributed by atoms with van der Waals surface area (Å²) in [5.41, 5.74) is 8.24. The summed E-state index contributed by atoms with van der Waals surface area (Å²) < 4.78 is 5.27. The first-order valence-electron chi connectivity index (χ1n) is 6.73. The minimum absolute atomic E-state index is 0.137. The molecule has 0 saturated carbocycles. The monoisotopic (exact) mass is 300 g/mol. The zero-order chi connectivity index (χ0) is 14.7. The first-order valence-corrected chi connectivity index (χ1v) is 7.61. The van der Waals surface area contributed by atoms with Crippen molar-refractivity contribution in [3.8, 4) is 0 Å². The van der Waals surface area contributed by atoms with Crippen LogP contribution in [0.2, 0.25) is 0 Å². The highest BCUT2D eigenvalue weighted by Crippen LogP contribution is 2.16. The second-order valence-electron chi connectivity index (χ2n) is 4.89. The number of aromatic nitrogens is 3. The Morgan fingerprint density at radius 1 is 1.24 bits per heavy atom. The second kappa shape index (κ2) is 6.15. The van der Waals surface area contributed by atoms with Gasteiger partial charge in [-0.05, 0) is 12.5 Å². The van der Waals surface area contributed by atoms with Crippen molar-refractivity contribution in [1.82, 2.24) is 15.1 Å². The van der Waals surface area contributed by atoms with Gasteiger partial charge in [0, 0.05) is 23.5 Å². The summed E-state index contributed by atoms with van der Waals surface area (Å²) in [7, 11) is 0. The van der Waals surface area contributed by atoms with Crippen molar-refractivity contribution < 1.29 is 4.52 Å². The molecule has 3 rings (SSSR count). The van der Waals surface area contributed by atoms with Gasteiger partial charge in [0.25, 0.3) is 0 Å². The normalized spacial score (nSPS) is 12.5. The van der Waals surface area contributed by atoms with Crippen molar-refractivity contribution in [2.75, 3.05) is 0 Å². The zero-order valence-corrected chi connectivity index (χ0v) is 12.5. The Balaban J connectivity index is 1.65. The largest absolute Gasteiger partial charge is 0.339 e. The molecule has 0 fully saturated rings. The molecule has 5 nitrogen and oxygen atoms in total. The molecule has 3 aromatic rings. The number of nitrogens with zero attached hydrogens (tertiary/aromatic N) is 3. The molecule has 1 atom stereocenters. The molecule has 0 radical (unpaired) electrons. The van der Waals surface area contributed by atoms with Gasteiger partial charge in [0.2, 0.25) is 5.89 Å². The summed E-state index contributed by atoms with van der Waals surface area (Å²) >= 11 is 1.61. The van der Waals surface area contributed by atoms with E-state index in [4.69, 9.17) is 10.3 Å². The van der Waals surface area contributed by atoms with Crippen LogP contribution in [-0.2, 0) is 12.8 Å². The number of hydrogen-bond donors (Lipinski definition) is 1. The molecule has 0 amide bonds. The van der Waals surface area contributed by atoms with Crippen LogP contribution in [0.3, 0.4) is 0 Å². The van der Waals surface area contributed by atoms with E-state index < -0.39 is 0 Å². The molecule has 0 aliphatic carbocycles. The fourth-order valence-electron chi connectivity index (χ4n) is 2.07. The Bertz CT molecular complexity index is 707. The summed E-state index contributed by atoms with van der Waals surface area (Å²) in [6.07, 6.45) is 1.14. The Morgan fingerprint density at radius 3 is 2.76 bits per heavy atom. The standard InChI is InChI=1S/C15H16N4OS/c1-10-9-21-15(17-10)8-13-18-14(20-19-13)7-12(16)11-5-3-2-4-6-11/h2-6,9,12H,7-8,16H2,1H3. The lowest BCUT2D eigenvalue weighted by Crippen LogP contribution is -2.13. The lowest BCUT2D eigenvalue weighted by molar-refractivity contribution is 0.365. The third-order valence-electron chi connectivity index (χ3n) is 3.11.